The molecular formula is C21H21ClN4O2. The number of aryl methyl sites for hydroxylation is 2. The minimum Gasteiger partial charge on any atom is -0.477 e. The Kier molecular flexibility index (Phi) is 5.41. The molecule has 0 unspecified atom stereocenters. The van der Waals surface area contributed by atoms with E-state index in [1.54, 1.807) is 10.9 Å². The molecule has 3 aromatic rings. The van der Waals surface area contributed by atoms with Gasteiger partial charge in [-0.15, -0.1) is 0 Å². The summed E-state index contributed by atoms with van der Waals surface area (Å²) in [5.74, 6) is -0.921. The molecule has 1 aromatic carbocycles. The fraction of sp³-hybridized carbons (Fsp3) is 0.286. The molecule has 0 aliphatic heterocycles. The van der Waals surface area contributed by atoms with E-state index in [0.717, 1.165) is 52.4 Å². The van der Waals surface area contributed by atoms with Gasteiger partial charge in [0.2, 0.25) is 0 Å². The zero-order valence-electron chi connectivity index (χ0n) is 15.4. The van der Waals surface area contributed by atoms with Gasteiger partial charge in [0.25, 0.3) is 0 Å². The highest BCUT2D eigenvalue weighted by Gasteiger charge is 2.27. The Labute approximate surface area is 168 Å². The van der Waals surface area contributed by atoms with E-state index in [2.05, 4.69) is 15.4 Å². The van der Waals surface area contributed by atoms with Gasteiger partial charge in [0.15, 0.2) is 0 Å². The van der Waals surface area contributed by atoms with Gasteiger partial charge in [0.05, 0.1) is 5.69 Å². The van der Waals surface area contributed by atoms with Crippen LogP contribution < -0.4 is 5.32 Å². The van der Waals surface area contributed by atoms with Gasteiger partial charge in [0, 0.05) is 41.6 Å². The van der Waals surface area contributed by atoms with E-state index in [4.69, 9.17) is 11.6 Å². The van der Waals surface area contributed by atoms with Crippen molar-refractivity contribution >= 4 is 17.6 Å². The third-order valence-electron chi connectivity index (χ3n) is 5.05. The first-order chi connectivity index (χ1) is 13.6. The van der Waals surface area contributed by atoms with Crippen molar-refractivity contribution in [3.05, 3.63) is 70.1 Å². The minimum absolute atomic E-state index is 0.309. The van der Waals surface area contributed by atoms with Crippen molar-refractivity contribution in [3.8, 4) is 11.3 Å². The molecule has 2 heterocycles. The first-order valence-corrected chi connectivity index (χ1v) is 9.73. The number of nitrogens with one attached hydrogen (secondary N) is 1. The van der Waals surface area contributed by atoms with Crippen LogP contribution in [0.4, 0.5) is 0 Å². The van der Waals surface area contributed by atoms with Crippen LogP contribution in [0, 0.1) is 0 Å². The van der Waals surface area contributed by atoms with Crippen molar-refractivity contribution in [3.63, 3.8) is 0 Å². The van der Waals surface area contributed by atoms with E-state index < -0.39 is 5.97 Å². The molecule has 6 nitrogen and oxygen atoms in total. The monoisotopic (exact) mass is 396 g/mol. The Balaban J connectivity index is 1.45. The summed E-state index contributed by atoms with van der Waals surface area (Å²) in [4.78, 5) is 16.0. The van der Waals surface area contributed by atoms with Crippen LogP contribution in [-0.4, -0.2) is 32.4 Å². The number of fused-ring (bicyclic) bond motifs is 3. The van der Waals surface area contributed by atoms with Crippen molar-refractivity contribution in [2.24, 2.45) is 0 Å². The molecule has 28 heavy (non-hydrogen) atoms. The smallest absolute Gasteiger partial charge is 0.354 e. The first-order valence-electron chi connectivity index (χ1n) is 9.35. The fourth-order valence-corrected chi connectivity index (χ4v) is 3.89. The van der Waals surface area contributed by atoms with Crippen molar-refractivity contribution in [2.75, 3.05) is 6.54 Å². The summed E-state index contributed by atoms with van der Waals surface area (Å²) in [5, 5.41) is 18.5. The maximum atomic E-state index is 11.9. The number of carbonyl (C=O) groups is 1. The van der Waals surface area contributed by atoms with Crippen LogP contribution in [0.25, 0.3) is 11.3 Å². The summed E-state index contributed by atoms with van der Waals surface area (Å²) in [6.45, 7) is 1.97. The number of aromatic carboxylic acids is 1. The maximum absolute atomic E-state index is 11.9. The molecule has 0 amide bonds. The van der Waals surface area contributed by atoms with Gasteiger partial charge >= 0.3 is 5.97 Å². The summed E-state index contributed by atoms with van der Waals surface area (Å²) in [6, 6.07) is 9.66. The highest BCUT2D eigenvalue weighted by Crippen LogP contribution is 2.34. The molecule has 0 spiro atoms. The molecule has 4 rings (SSSR count). The number of hydrogen-bond acceptors (Lipinski definition) is 4. The summed E-state index contributed by atoms with van der Waals surface area (Å²) in [7, 11) is 0. The fourth-order valence-electron chi connectivity index (χ4n) is 3.69. The average molecular weight is 397 g/mol. The number of halogens is 1. The third kappa shape index (κ3) is 3.66. The molecule has 0 bridgehead atoms. The van der Waals surface area contributed by atoms with E-state index in [0.29, 0.717) is 25.2 Å². The number of carboxylic acid groups (broad SMARTS) is 1. The predicted molar refractivity (Wildman–Crippen MR) is 108 cm³/mol. The predicted octanol–water partition coefficient (Wildman–Crippen LogP) is 3.58. The Hall–Kier alpha value is -2.70. The molecule has 2 aromatic heterocycles. The quantitative estimate of drug-likeness (QED) is 0.597. The number of rotatable bonds is 7. The van der Waals surface area contributed by atoms with E-state index in [-0.39, 0.29) is 0 Å². The molecule has 0 saturated carbocycles. The van der Waals surface area contributed by atoms with Gasteiger partial charge in [0.1, 0.15) is 5.69 Å². The average Bonchev–Trinajstić information content (AvgIpc) is 3.08. The first kappa shape index (κ1) is 18.7. The van der Waals surface area contributed by atoms with Crippen molar-refractivity contribution in [2.45, 2.75) is 32.4 Å². The minimum atomic E-state index is -0.921. The third-order valence-corrected chi connectivity index (χ3v) is 5.42. The number of pyridine rings is 1. The van der Waals surface area contributed by atoms with E-state index >= 15 is 0 Å². The molecule has 0 atom stereocenters. The molecule has 0 saturated heterocycles. The molecule has 1 aliphatic rings. The highest BCUT2D eigenvalue weighted by molar-refractivity contribution is 6.31. The second-order valence-corrected chi connectivity index (χ2v) is 7.27. The summed E-state index contributed by atoms with van der Waals surface area (Å²) < 4.78 is 1.64. The maximum Gasteiger partial charge on any atom is 0.354 e. The van der Waals surface area contributed by atoms with Crippen molar-refractivity contribution < 1.29 is 9.90 Å². The van der Waals surface area contributed by atoms with Gasteiger partial charge < -0.3 is 10.4 Å². The molecule has 0 radical (unpaired) electrons. The lowest BCUT2D eigenvalue weighted by Gasteiger charge is -2.14. The summed E-state index contributed by atoms with van der Waals surface area (Å²) in [6.07, 6.45) is 5.82. The second-order valence-electron chi connectivity index (χ2n) is 6.86. The Morgan fingerprint density at radius 3 is 2.93 bits per heavy atom. The van der Waals surface area contributed by atoms with Gasteiger partial charge in [-0.1, -0.05) is 29.8 Å². The van der Waals surface area contributed by atoms with Crippen molar-refractivity contribution in [1.82, 2.24) is 20.1 Å². The van der Waals surface area contributed by atoms with Crippen LogP contribution in [0.3, 0.4) is 0 Å². The van der Waals surface area contributed by atoms with E-state index in [9.17, 15) is 9.90 Å². The zero-order chi connectivity index (χ0) is 19.5. The molecule has 2 N–H and O–H groups in total. The summed E-state index contributed by atoms with van der Waals surface area (Å²) >= 11 is 6.16. The molecule has 1 aliphatic carbocycles. The largest absolute Gasteiger partial charge is 0.477 e. The van der Waals surface area contributed by atoms with Gasteiger partial charge in [-0.3, -0.25) is 9.67 Å². The van der Waals surface area contributed by atoms with E-state index in [1.807, 2.05) is 36.5 Å². The van der Waals surface area contributed by atoms with Crippen molar-refractivity contribution in [1.29, 1.82) is 0 Å². The number of carboxylic acids is 1. The number of aromatic nitrogens is 3. The van der Waals surface area contributed by atoms with Crippen LogP contribution in [0.1, 0.15) is 33.6 Å². The summed E-state index contributed by atoms with van der Waals surface area (Å²) in [5.41, 5.74) is 5.09. The van der Waals surface area contributed by atoms with Crippen LogP contribution in [-0.2, 0) is 25.9 Å². The number of nitrogens with zero attached hydrogens (tertiary/aromatic N) is 3. The normalized spacial score (nSPS) is 12.5. The van der Waals surface area contributed by atoms with Gasteiger partial charge in [-0.05, 0) is 49.1 Å². The Morgan fingerprint density at radius 1 is 1.25 bits per heavy atom. The molecule has 0 fully saturated rings. The van der Waals surface area contributed by atoms with Crippen LogP contribution >= 0.6 is 11.6 Å². The Morgan fingerprint density at radius 2 is 2.11 bits per heavy atom. The van der Waals surface area contributed by atoms with Crippen LogP contribution in [0.15, 0.2) is 42.7 Å². The lowest BCUT2D eigenvalue weighted by atomic mass is 9.90. The topological polar surface area (TPSA) is 80.0 Å². The van der Waals surface area contributed by atoms with Gasteiger partial charge in [-0.2, -0.15) is 5.10 Å². The molecule has 7 heteroatoms. The molecule has 144 valence electrons. The van der Waals surface area contributed by atoms with Gasteiger partial charge in [-0.25, -0.2) is 4.79 Å². The second kappa shape index (κ2) is 8.12. The number of benzene rings is 1. The highest BCUT2D eigenvalue weighted by atomic mass is 35.5. The standard InChI is InChI=1S/C21H21ClN4O2/c22-18-5-2-1-4-15(18)13-23-9-3-11-26-20(21(27)28)17-7-6-14-12-24-10-8-16(14)19(17)25-26/h1-2,4-5,8,10,12,23H,3,6-7,9,11,13H2,(H,27,28). The molecular weight excluding hydrogens is 376 g/mol. The number of hydrogen-bond donors (Lipinski definition) is 2. The Bertz CT molecular complexity index is 1020. The van der Waals surface area contributed by atoms with Crippen LogP contribution in [0.5, 0.6) is 0 Å². The van der Waals surface area contributed by atoms with Crippen LogP contribution in [0.2, 0.25) is 5.02 Å². The lowest BCUT2D eigenvalue weighted by molar-refractivity contribution is 0.0681. The zero-order valence-corrected chi connectivity index (χ0v) is 16.1. The SMILES string of the molecule is O=C(O)c1c2c(nn1CCCNCc1ccccc1Cl)-c1ccncc1CC2. The lowest BCUT2D eigenvalue weighted by Crippen LogP contribution is -2.19. The van der Waals surface area contributed by atoms with E-state index in [1.165, 1.54) is 0 Å².